The Kier molecular flexibility index (Phi) is 5.05. The lowest BCUT2D eigenvalue weighted by Crippen LogP contribution is -2.31. The number of rotatable bonds is 8. The fraction of sp³-hybridized carbons (Fsp3) is 0.909. The van der Waals surface area contributed by atoms with Crippen molar-refractivity contribution in [1.29, 1.82) is 0 Å². The lowest BCUT2D eigenvalue weighted by atomic mass is 10.1. The van der Waals surface area contributed by atoms with Crippen LogP contribution in [0.25, 0.3) is 0 Å². The van der Waals surface area contributed by atoms with Gasteiger partial charge >= 0.3 is 0 Å². The summed E-state index contributed by atoms with van der Waals surface area (Å²) in [7, 11) is 0. The van der Waals surface area contributed by atoms with Crippen molar-refractivity contribution in [2.24, 2.45) is 11.1 Å². The molecule has 0 unspecified atom stereocenters. The summed E-state index contributed by atoms with van der Waals surface area (Å²) in [6.45, 7) is 1.54. The summed E-state index contributed by atoms with van der Waals surface area (Å²) in [5.74, 6) is 0.103. The van der Waals surface area contributed by atoms with Crippen LogP contribution in [0, 0.1) is 5.41 Å². The maximum Gasteiger partial charge on any atom is 0.220 e. The Morgan fingerprint density at radius 1 is 1.33 bits per heavy atom. The first kappa shape index (κ1) is 12.5. The van der Waals surface area contributed by atoms with Crippen molar-refractivity contribution in [3.05, 3.63) is 0 Å². The molecule has 4 heteroatoms. The van der Waals surface area contributed by atoms with Crippen LogP contribution < -0.4 is 11.1 Å². The smallest absolute Gasteiger partial charge is 0.220 e. The van der Waals surface area contributed by atoms with Gasteiger partial charge in [0.1, 0.15) is 0 Å². The molecule has 0 saturated heterocycles. The van der Waals surface area contributed by atoms with Crippen LogP contribution in [-0.4, -0.2) is 30.7 Å². The highest BCUT2D eigenvalue weighted by Crippen LogP contribution is 2.44. The first-order valence-corrected chi connectivity index (χ1v) is 5.80. The molecule has 0 aromatic rings. The molecule has 1 aliphatic rings. The van der Waals surface area contributed by atoms with Crippen molar-refractivity contribution in [1.82, 2.24) is 5.32 Å². The van der Waals surface area contributed by atoms with Crippen molar-refractivity contribution in [3.8, 4) is 0 Å². The van der Waals surface area contributed by atoms with Crippen LogP contribution in [0.4, 0.5) is 0 Å². The second kappa shape index (κ2) is 6.08. The Morgan fingerprint density at radius 2 is 2.07 bits per heavy atom. The number of nitrogens with two attached hydrogens (primary N) is 1. The molecule has 0 radical (unpaired) electrons. The molecule has 4 nitrogen and oxygen atoms in total. The van der Waals surface area contributed by atoms with Crippen LogP contribution in [0.5, 0.6) is 0 Å². The molecule has 1 fully saturated rings. The van der Waals surface area contributed by atoms with E-state index in [0.717, 1.165) is 32.1 Å². The molecule has 1 rings (SSSR count). The molecule has 4 N–H and O–H groups in total. The summed E-state index contributed by atoms with van der Waals surface area (Å²) < 4.78 is 0. The number of hydrogen-bond acceptors (Lipinski definition) is 3. The molecule has 0 bridgehead atoms. The van der Waals surface area contributed by atoms with Gasteiger partial charge in [0.05, 0.1) is 6.61 Å². The Hall–Kier alpha value is -0.610. The molecular weight excluding hydrogens is 192 g/mol. The molecule has 0 aromatic carbocycles. The van der Waals surface area contributed by atoms with E-state index < -0.39 is 0 Å². The Morgan fingerprint density at radius 3 is 2.60 bits per heavy atom. The van der Waals surface area contributed by atoms with Crippen LogP contribution in [0.2, 0.25) is 0 Å². The lowest BCUT2D eigenvalue weighted by Gasteiger charge is -2.12. The fourth-order valence-corrected chi connectivity index (χ4v) is 1.55. The fourth-order valence-electron chi connectivity index (χ4n) is 1.55. The Balaban J connectivity index is 1.99. The minimum absolute atomic E-state index is 0.0208. The Bertz CT molecular complexity index is 203. The van der Waals surface area contributed by atoms with E-state index in [1.807, 2.05) is 0 Å². The number of carbonyl (C=O) groups is 1. The van der Waals surface area contributed by atoms with Crippen LogP contribution in [-0.2, 0) is 4.79 Å². The van der Waals surface area contributed by atoms with E-state index >= 15 is 0 Å². The van der Waals surface area contributed by atoms with Crippen LogP contribution >= 0.6 is 0 Å². The highest BCUT2D eigenvalue weighted by Gasteiger charge is 2.41. The molecule has 15 heavy (non-hydrogen) atoms. The summed E-state index contributed by atoms with van der Waals surface area (Å²) in [6, 6.07) is 0. The van der Waals surface area contributed by atoms with Gasteiger partial charge in [-0.05, 0) is 32.2 Å². The van der Waals surface area contributed by atoms with Gasteiger partial charge in [-0.2, -0.15) is 0 Å². The zero-order valence-electron chi connectivity index (χ0n) is 9.30. The van der Waals surface area contributed by atoms with Crippen LogP contribution in [0.15, 0.2) is 0 Å². The predicted molar refractivity (Wildman–Crippen MR) is 59.3 cm³/mol. The third-order valence-corrected chi connectivity index (χ3v) is 3.06. The van der Waals surface area contributed by atoms with Gasteiger partial charge in [0.15, 0.2) is 0 Å². The maximum atomic E-state index is 11.4. The monoisotopic (exact) mass is 214 g/mol. The number of aliphatic hydroxyl groups excluding tert-OH is 1. The molecule has 0 atom stereocenters. The van der Waals surface area contributed by atoms with Crippen molar-refractivity contribution < 1.29 is 9.90 Å². The summed E-state index contributed by atoms with van der Waals surface area (Å²) in [4.78, 5) is 11.4. The number of aliphatic hydroxyl groups is 1. The van der Waals surface area contributed by atoms with E-state index in [0.29, 0.717) is 19.5 Å². The first-order chi connectivity index (χ1) is 7.22. The minimum Gasteiger partial charge on any atom is -0.396 e. The number of amides is 1. The summed E-state index contributed by atoms with van der Waals surface area (Å²) in [5, 5.41) is 11.9. The maximum absolute atomic E-state index is 11.4. The van der Waals surface area contributed by atoms with Crippen molar-refractivity contribution >= 4 is 5.91 Å². The van der Waals surface area contributed by atoms with Gasteiger partial charge in [-0.25, -0.2) is 0 Å². The van der Waals surface area contributed by atoms with Gasteiger partial charge in [-0.1, -0.05) is 6.42 Å². The summed E-state index contributed by atoms with van der Waals surface area (Å²) in [5.41, 5.74) is 5.38. The van der Waals surface area contributed by atoms with Gasteiger partial charge in [0.25, 0.3) is 0 Å². The van der Waals surface area contributed by atoms with Crippen molar-refractivity contribution in [2.45, 2.75) is 38.5 Å². The summed E-state index contributed by atoms with van der Waals surface area (Å²) >= 11 is 0. The molecule has 1 aliphatic carbocycles. The normalized spacial score (nSPS) is 17.5. The van der Waals surface area contributed by atoms with Gasteiger partial charge < -0.3 is 16.2 Å². The number of carbonyl (C=O) groups excluding carboxylic acids is 1. The molecule has 1 amide bonds. The third-order valence-electron chi connectivity index (χ3n) is 3.06. The zero-order chi connectivity index (χ0) is 11.1. The van der Waals surface area contributed by atoms with E-state index in [-0.39, 0.29) is 17.9 Å². The third kappa shape index (κ3) is 4.62. The van der Waals surface area contributed by atoms with E-state index in [9.17, 15) is 4.79 Å². The molecule has 0 spiro atoms. The molecular formula is C11H22N2O2. The second-order valence-electron chi connectivity index (χ2n) is 4.53. The second-order valence-corrected chi connectivity index (χ2v) is 4.53. The number of nitrogens with one attached hydrogen (secondary N) is 1. The SMILES string of the molecule is NCCCCCC(=O)NCC1(CO)CC1. The van der Waals surface area contributed by atoms with E-state index in [4.69, 9.17) is 10.8 Å². The van der Waals surface area contributed by atoms with Gasteiger partial charge in [0.2, 0.25) is 5.91 Å². The molecule has 88 valence electrons. The standard InChI is InChI=1S/C11H22N2O2/c12-7-3-1-2-4-10(15)13-8-11(9-14)5-6-11/h14H,1-9,12H2,(H,13,15). The molecule has 0 aliphatic heterocycles. The van der Waals surface area contributed by atoms with E-state index in [1.54, 1.807) is 0 Å². The minimum atomic E-state index is 0.0208. The Labute approximate surface area is 91.2 Å². The number of unbranched alkanes of at least 4 members (excludes halogenated alkanes) is 2. The highest BCUT2D eigenvalue weighted by molar-refractivity contribution is 5.75. The number of hydrogen-bond donors (Lipinski definition) is 3. The lowest BCUT2D eigenvalue weighted by molar-refractivity contribution is -0.121. The highest BCUT2D eigenvalue weighted by atomic mass is 16.3. The van der Waals surface area contributed by atoms with Gasteiger partial charge in [-0.15, -0.1) is 0 Å². The topological polar surface area (TPSA) is 75.4 Å². The van der Waals surface area contributed by atoms with Gasteiger partial charge in [0, 0.05) is 18.4 Å². The zero-order valence-corrected chi connectivity index (χ0v) is 9.30. The average molecular weight is 214 g/mol. The first-order valence-electron chi connectivity index (χ1n) is 5.80. The predicted octanol–water partition coefficient (Wildman–Crippen LogP) is 0.394. The quantitative estimate of drug-likeness (QED) is 0.512. The molecule has 0 aromatic heterocycles. The van der Waals surface area contributed by atoms with Crippen molar-refractivity contribution in [2.75, 3.05) is 19.7 Å². The van der Waals surface area contributed by atoms with E-state index in [1.165, 1.54) is 0 Å². The summed E-state index contributed by atoms with van der Waals surface area (Å²) in [6.07, 6.45) is 5.59. The van der Waals surface area contributed by atoms with Crippen LogP contribution in [0.1, 0.15) is 38.5 Å². The average Bonchev–Trinajstić information content (AvgIpc) is 3.02. The van der Waals surface area contributed by atoms with Gasteiger partial charge in [-0.3, -0.25) is 4.79 Å². The van der Waals surface area contributed by atoms with E-state index in [2.05, 4.69) is 5.32 Å². The molecule has 1 saturated carbocycles. The van der Waals surface area contributed by atoms with Crippen LogP contribution in [0.3, 0.4) is 0 Å². The molecule has 0 heterocycles. The van der Waals surface area contributed by atoms with Crippen molar-refractivity contribution in [3.63, 3.8) is 0 Å². The largest absolute Gasteiger partial charge is 0.396 e.